The Morgan fingerprint density at radius 1 is 1.00 bits per heavy atom. The lowest BCUT2D eigenvalue weighted by Gasteiger charge is -2.18. The van der Waals surface area contributed by atoms with Gasteiger partial charge in [0.15, 0.2) is 0 Å². The standard InChI is InChI=1S/C3H8I4Si2/c1-8(2,4)3-9(5,6)7/h3H2,1-2H3. The maximum absolute atomic E-state index is 2.66. The average molecular weight is 608 g/mol. The lowest BCUT2D eigenvalue weighted by Crippen LogP contribution is -2.25. The Morgan fingerprint density at radius 2 is 1.33 bits per heavy atom. The fourth-order valence-electron chi connectivity index (χ4n) is 0.477. The molecule has 0 aliphatic heterocycles. The molecule has 0 atom stereocenters. The number of rotatable bonds is 2. The Hall–Kier alpha value is 3.35. The van der Waals surface area contributed by atoms with E-state index >= 15 is 0 Å². The first kappa shape index (κ1) is 12.4. The zero-order valence-electron chi connectivity index (χ0n) is 5.22. The van der Waals surface area contributed by atoms with E-state index in [0.29, 0.717) is 0 Å². The fraction of sp³-hybridized carbons (Fsp3) is 1.00. The molecule has 0 saturated carbocycles. The van der Waals surface area contributed by atoms with Crippen molar-refractivity contribution < 1.29 is 0 Å². The predicted octanol–water partition coefficient (Wildman–Crippen LogP) is 4.41. The van der Waals surface area contributed by atoms with Gasteiger partial charge in [0.1, 0.15) is 5.57 Å². The molecule has 0 heterocycles. The van der Waals surface area contributed by atoms with Gasteiger partial charge in [-0.1, -0.05) is 78.5 Å². The number of hydrogen-bond donors (Lipinski definition) is 0. The molecule has 0 aliphatic rings. The van der Waals surface area contributed by atoms with Crippen LogP contribution in [-0.4, -0.2) is 6.13 Å². The molecule has 0 aromatic heterocycles. The lowest BCUT2D eigenvalue weighted by atomic mass is 11.8. The Labute approximate surface area is 110 Å². The molecule has 0 bridgehead atoms. The molecule has 0 radical (unpaired) electrons. The van der Waals surface area contributed by atoms with Crippen LogP contribution in [0.25, 0.3) is 0 Å². The molecule has 9 heavy (non-hydrogen) atoms. The third kappa shape index (κ3) is 11.4. The highest BCUT2D eigenvalue weighted by atomic mass is 127. The number of halogens is 4. The molecule has 0 rings (SSSR count). The first-order valence-electron chi connectivity index (χ1n) is 2.46. The Morgan fingerprint density at radius 3 is 1.33 bits per heavy atom. The van der Waals surface area contributed by atoms with Gasteiger partial charge in [-0.25, -0.2) is 0 Å². The van der Waals surface area contributed by atoms with E-state index in [0.717, 1.165) is 0 Å². The van der Waals surface area contributed by atoms with Crippen LogP contribution in [-0.2, 0) is 0 Å². The first-order chi connectivity index (χ1) is 3.71. The highest BCUT2D eigenvalue weighted by Crippen LogP contribution is 2.39. The van der Waals surface area contributed by atoms with Gasteiger partial charge in [-0.05, 0) is 5.67 Å². The zero-order chi connectivity index (χ0) is 7.71. The van der Waals surface area contributed by atoms with E-state index in [1.165, 1.54) is 5.67 Å². The van der Waals surface area contributed by atoms with E-state index in [1.54, 1.807) is 0 Å². The van der Waals surface area contributed by atoms with E-state index in [1.807, 2.05) is 0 Å². The quantitative estimate of drug-likeness (QED) is 0.248. The van der Waals surface area contributed by atoms with Crippen LogP contribution in [0.4, 0.5) is 0 Å². The third-order valence-electron chi connectivity index (χ3n) is 0.621. The Bertz CT molecular complexity index is 79.0. The van der Waals surface area contributed by atoms with Gasteiger partial charge < -0.3 is 0 Å². The van der Waals surface area contributed by atoms with E-state index in [9.17, 15) is 0 Å². The second-order valence-electron chi connectivity index (χ2n) is 2.51. The molecule has 0 aromatic carbocycles. The summed E-state index contributed by atoms with van der Waals surface area (Å²) in [6.07, 6.45) is 0. The van der Waals surface area contributed by atoms with Crippen LogP contribution in [0.3, 0.4) is 0 Å². The van der Waals surface area contributed by atoms with Crippen molar-refractivity contribution in [1.29, 1.82) is 0 Å². The molecular weight excluding hydrogens is 600 g/mol. The van der Waals surface area contributed by atoms with Crippen molar-refractivity contribution in [1.82, 2.24) is 0 Å². The number of hydrogen-bond acceptors (Lipinski definition) is 0. The Balaban J connectivity index is 3.75. The van der Waals surface area contributed by atoms with E-state index in [2.05, 4.69) is 100 Å². The summed E-state index contributed by atoms with van der Waals surface area (Å²) >= 11 is 10.6. The molecule has 0 aliphatic carbocycles. The van der Waals surface area contributed by atoms with Crippen LogP contribution < -0.4 is 0 Å². The van der Waals surface area contributed by atoms with E-state index in [-0.39, 0.29) is 0 Å². The monoisotopic (exact) mass is 608 g/mol. The predicted molar refractivity (Wildman–Crippen MR) is 84.1 cm³/mol. The van der Waals surface area contributed by atoms with Gasteiger partial charge in [-0.15, -0.1) is 21.8 Å². The highest BCUT2D eigenvalue weighted by Gasteiger charge is 2.31. The topological polar surface area (TPSA) is 0 Å². The summed E-state index contributed by atoms with van der Waals surface area (Å²) in [4.78, 5) is 0. The summed E-state index contributed by atoms with van der Waals surface area (Å²) in [6.45, 7) is 4.87. The average Bonchev–Trinajstić information content (AvgIpc) is 1.14. The summed E-state index contributed by atoms with van der Waals surface area (Å²) < 4.78 is -0.828. The molecule has 0 unspecified atom stereocenters. The van der Waals surface area contributed by atoms with E-state index < -0.39 is 6.13 Å². The summed E-state index contributed by atoms with van der Waals surface area (Å²) in [6, 6.07) is 0. The second kappa shape index (κ2) is 4.55. The van der Waals surface area contributed by atoms with Gasteiger partial charge in [0.25, 0.3) is 0.564 Å². The van der Waals surface area contributed by atoms with Gasteiger partial charge >= 0.3 is 0 Å². The SMILES string of the molecule is C[Si](C)(I)C[Si](I)(I)I. The normalized spacial score (nSPS) is 14.0. The smallest absolute Gasteiger partial charge is 0.119 e. The summed E-state index contributed by atoms with van der Waals surface area (Å²) in [5.41, 5.74) is 0.733. The van der Waals surface area contributed by atoms with Crippen molar-refractivity contribution >= 4 is 93.3 Å². The molecule has 0 spiro atoms. The molecule has 0 saturated heterocycles. The van der Waals surface area contributed by atoms with Crippen LogP contribution in [0, 0.1) is 0 Å². The van der Waals surface area contributed by atoms with Crippen molar-refractivity contribution in [3.05, 3.63) is 0 Å². The van der Waals surface area contributed by atoms with E-state index in [4.69, 9.17) is 0 Å². The molecule has 0 aromatic rings. The zero-order valence-corrected chi connectivity index (χ0v) is 15.8. The maximum Gasteiger partial charge on any atom is 0.252 e. The third-order valence-corrected chi connectivity index (χ3v) is 19.3. The van der Waals surface area contributed by atoms with Gasteiger partial charge in [0.2, 0.25) is 0 Å². The molecule has 0 fully saturated rings. The van der Waals surface area contributed by atoms with Gasteiger partial charge in [0, 0.05) is 0 Å². The Kier molecular flexibility index (Phi) is 6.25. The largest absolute Gasteiger partial charge is 0.252 e. The molecule has 56 valence electrons. The van der Waals surface area contributed by atoms with Crippen molar-refractivity contribution in [3.8, 4) is 0 Å². The van der Waals surface area contributed by atoms with Crippen LogP contribution in [0.5, 0.6) is 0 Å². The molecule has 0 amide bonds. The van der Waals surface area contributed by atoms with Crippen LogP contribution in [0.1, 0.15) is 0 Å². The molecule has 0 nitrogen and oxygen atoms in total. The van der Waals surface area contributed by atoms with Crippen LogP contribution in [0.15, 0.2) is 0 Å². The lowest BCUT2D eigenvalue weighted by molar-refractivity contribution is 1.81. The van der Waals surface area contributed by atoms with Gasteiger partial charge in [-0.3, -0.25) is 0 Å². The molecular formula is C3H8I4Si2. The fourth-order valence-corrected chi connectivity index (χ4v) is 54.9. The van der Waals surface area contributed by atoms with Crippen LogP contribution in [0.2, 0.25) is 18.8 Å². The summed E-state index contributed by atoms with van der Waals surface area (Å²) in [5, 5.41) is 0. The van der Waals surface area contributed by atoms with Crippen molar-refractivity contribution in [2.75, 3.05) is 0 Å². The maximum atomic E-state index is 2.66. The summed E-state index contributed by atoms with van der Waals surface area (Å²) in [5.74, 6) is 0. The minimum atomic E-state index is -0.828. The molecule has 0 N–H and O–H groups in total. The summed E-state index contributed by atoms with van der Waals surface area (Å²) in [7, 11) is 0. The minimum Gasteiger partial charge on any atom is -0.119 e. The minimum absolute atomic E-state index is 0.783. The first-order valence-corrected chi connectivity index (χ1v) is 20.3. The highest BCUT2D eigenvalue weighted by molar-refractivity contribution is 14.4. The van der Waals surface area contributed by atoms with Crippen LogP contribution >= 0.6 is 87.2 Å². The van der Waals surface area contributed by atoms with Gasteiger partial charge in [0.05, 0.1) is 0 Å². The molecule has 6 heteroatoms. The van der Waals surface area contributed by atoms with Crippen molar-refractivity contribution in [3.63, 3.8) is 0 Å². The van der Waals surface area contributed by atoms with Gasteiger partial charge in [-0.2, -0.15) is 0 Å². The van der Waals surface area contributed by atoms with Crippen molar-refractivity contribution in [2.24, 2.45) is 0 Å². The van der Waals surface area contributed by atoms with Crippen molar-refractivity contribution in [2.45, 2.75) is 18.8 Å². The second-order valence-corrected chi connectivity index (χ2v) is 52.5.